The van der Waals surface area contributed by atoms with Crippen molar-refractivity contribution in [2.75, 3.05) is 23.1 Å². The zero-order valence-electron chi connectivity index (χ0n) is 22.5. The number of anilines is 2. The fraction of sp³-hybridized carbons (Fsp3) is 0.345. The Labute approximate surface area is 244 Å². The van der Waals surface area contributed by atoms with E-state index in [9.17, 15) is 17.6 Å². The average molecular weight is 605 g/mol. The SMILES string of the molecule is O=c1c(-c2ccc(NS(=O)(=O)Cc3ccccc3)c(F)c2F)cc2cnc(N[C@@H]3CNC[C@@H](F)C3)nc2n1CC1CC1.[HH].[HH].[HH]. The van der Waals surface area contributed by atoms with E-state index in [4.69, 9.17) is 0 Å². The van der Waals surface area contributed by atoms with E-state index in [2.05, 4.69) is 25.3 Å². The van der Waals surface area contributed by atoms with E-state index in [0.717, 1.165) is 18.9 Å². The molecule has 1 aliphatic heterocycles. The summed E-state index contributed by atoms with van der Waals surface area (Å²) in [7, 11) is -4.04. The van der Waals surface area contributed by atoms with Crippen LogP contribution in [0.5, 0.6) is 0 Å². The van der Waals surface area contributed by atoms with Gasteiger partial charge in [-0.15, -0.1) is 0 Å². The molecule has 6 rings (SSSR count). The van der Waals surface area contributed by atoms with E-state index in [1.807, 2.05) is 0 Å². The van der Waals surface area contributed by atoms with Gasteiger partial charge < -0.3 is 10.6 Å². The maximum absolute atomic E-state index is 15.5. The molecule has 2 aliphatic rings. The Kier molecular flexibility index (Phi) is 7.62. The number of benzene rings is 2. The highest BCUT2D eigenvalue weighted by molar-refractivity contribution is 7.91. The lowest BCUT2D eigenvalue weighted by Crippen LogP contribution is -2.44. The normalized spacial score (nSPS) is 19.1. The topological polar surface area (TPSA) is 118 Å². The van der Waals surface area contributed by atoms with Crippen molar-refractivity contribution in [1.82, 2.24) is 19.9 Å². The van der Waals surface area contributed by atoms with Crippen LogP contribution in [0.1, 0.15) is 29.1 Å². The molecule has 0 spiro atoms. The van der Waals surface area contributed by atoms with Crippen LogP contribution in [0.25, 0.3) is 22.2 Å². The van der Waals surface area contributed by atoms with Crippen molar-refractivity contribution in [3.05, 3.63) is 82.3 Å². The molecule has 0 radical (unpaired) electrons. The number of nitrogens with zero attached hydrogens (tertiary/aromatic N) is 3. The van der Waals surface area contributed by atoms with Crippen LogP contribution >= 0.6 is 0 Å². The lowest BCUT2D eigenvalue weighted by atomic mass is 10.0. The molecule has 3 heterocycles. The van der Waals surface area contributed by atoms with Crippen LogP contribution in [0.4, 0.5) is 24.8 Å². The molecule has 0 amide bonds. The van der Waals surface area contributed by atoms with Gasteiger partial charge in [-0.1, -0.05) is 30.3 Å². The molecule has 9 nitrogen and oxygen atoms in total. The number of hydrogen-bond donors (Lipinski definition) is 3. The third kappa shape index (κ3) is 6.12. The van der Waals surface area contributed by atoms with E-state index in [1.165, 1.54) is 22.9 Å². The van der Waals surface area contributed by atoms with Gasteiger partial charge in [0.25, 0.3) is 5.56 Å². The van der Waals surface area contributed by atoms with E-state index >= 15 is 8.78 Å². The minimum atomic E-state index is -4.04. The number of hydrogen-bond acceptors (Lipinski definition) is 7. The summed E-state index contributed by atoms with van der Waals surface area (Å²) in [6, 6.07) is 11.8. The smallest absolute Gasteiger partial charge is 0.260 e. The highest BCUT2D eigenvalue weighted by atomic mass is 32.2. The van der Waals surface area contributed by atoms with Crippen LogP contribution in [-0.2, 0) is 22.3 Å². The quantitative estimate of drug-likeness (QED) is 0.248. The van der Waals surface area contributed by atoms with E-state index < -0.39 is 44.8 Å². The van der Waals surface area contributed by atoms with Crippen molar-refractivity contribution in [1.29, 1.82) is 0 Å². The van der Waals surface area contributed by atoms with Gasteiger partial charge in [-0.25, -0.2) is 26.6 Å². The van der Waals surface area contributed by atoms with Crippen LogP contribution in [-0.4, -0.2) is 48.3 Å². The highest BCUT2D eigenvalue weighted by Crippen LogP contribution is 2.33. The maximum atomic E-state index is 15.5. The molecule has 1 saturated heterocycles. The van der Waals surface area contributed by atoms with Crippen molar-refractivity contribution in [2.45, 2.75) is 43.8 Å². The molecule has 2 fully saturated rings. The Bertz CT molecular complexity index is 1810. The number of piperidine rings is 1. The summed E-state index contributed by atoms with van der Waals surface area (Å²) in [4.78, 5) is 22.6. The molecular weight excluding hydrogens is 569 g/mol. The Hall–Kier alpha value is -3.97. The van der Waals surface area contributed by atoms with Gasteiger partial charge in [0.15, 0.2) is 11.6 Å². The molecule has 2 aromatic carbocycles. The molecule has 226 valence electrons. The third-order valence-electron chi connectivity index (χ3n) is 7.43. The first-order chi connectivity index (χ1) is 20.2. The van der Waals surface area contributed by atoms with Gasteiger partial charge in [-0.05, 0) is 42.5 Å². The number of nitrogens with one attached hydrogen (secondary N) is 3. The van der Waals surface area contributed by atoms with E-state index in [1.54, 1.807) is 30.3 Å². The number of halogens is 3. The lowest BCUT2D eigenvalue weighted by molar-refractivity contribution is 0.254. The second kappa shape index (κ2) is 11.4. The molecule has 13 heteroatoms. The Morgan fingerprint density at radius 1 is 1.05 bits per heavy atom. The molecule has 0 bridgehead atoms. The number of alkyl halides is 1. The first-order valence-electron chi connectivity index (χ1n) is 13.7. The van der Waals surface area contributed by atoms with Crippen molar-refractivity contribution in [2.24, 2.45) is 5.92 Å². The Balaban J connectivity index is 0.00000184. The summed E-state index contributed by atoms with van der Waals surface area (Å²) in [6.07, 6.45) is 2.65. The first kappa shape index (κ1) is 28.2. The number of pyridine rings is 1. The molecule has 4 aromatic rings. The van der Waals surface area contributed by atoms with Crippen molar-refractivity contribution >= 4 is 32.7 Å². The van der Waals surface area contributed by atoms with Gasteiger partial charge >= 0.3 is 0 Å². The van der Waals surface area contributed by atoms with Crippen molar-refractivity contribution < 1.29 is 25.9 Å². The molecule has 1 aliphatic carbocycles. The zero-order chi connectivity index (χ0) is 29.4. The van der Waals surface area contributed by atoms with Crippen molar-refractivity contribution in [3.63, 3.8) is 0 Å². The van der Waals surface area contributed by atoms with Gasteiger partial charge in [0.05, 0.1) is 17.0 Å². The highest BCUT2D eigenvalue weighted by Gasteiger charge is 2.27. The second-order valence-corrected chi connectivity index (χ2v) is 12.6. The van der Waals surface area contributed by atoms with Gasteiger partial charge in [0, 0.05) is 53.5 Å². The standard InChI is InChI=1S/C29H29F3N6O3S.3H2/c30-20-11-21(14-33-13-20)35-29-34-12-19-10-23(28(39)38(27(19)36-29)15-17-6-7-17)22-8-9-24(26(32)25(22)31)37-42(40,41)16-18-4-2-1-3-5-18;;;/h1-5,8-10,12,17,20-21,33,37H,6-7,11,13-16H2,(H,34,35,36);3*1H/t20-,21-;;;/m0.../s1. The number of fused-ring (bicyclic) bond motifs is 1. The number of sulfonamides is 1. The van der Waals surface area contributed by atoms with E-state index in [-0.39, 0.29) is 39.9 Å². The van der Waals surface area contributed by atoms with E-state index in [0.29, 0.717) is 36.1 Å². The minimum Gasteiger partial charge on any atom is -0.350 e. The minimum absolute atomic E-state index is 0. The van der Waals surface area contributed by atoms with Crippen LogP contribution in [0.15, 0.2) is 59.5 Å². The summed E-state index contributed by atoms with van der Waals surface area (Å²) in [6.45, 7) is 1.18. The summed E-state index contributed by atoms with van der Waals surface area (Å²) in [5, 5.41) is 6.56. The van der Waals surface area contributed by atoms with Crippen LogP contribution < -0.4 is 20.9 Å². The van der Waals surface area contributed by atoms with Crippen LogP contribution in [0.2, 0.25) is 0 Å². The molecule has 3 N–H and O–H groups in total. The average Bonchev–Trinajstić information content (AvgIpc) is 3.78. The largest absolute Gasteiger partial charge is 0.350 e. The summed E-state index contributed by atoms with van der Waals surface area (Å²) in [5.41, 5.74) is -0.702. The molecule has 2 atom stereocenters. The lowest BCUT2D eigenvalue weighted by Gasteiger charge is -2.26. The molecule has 2 aromatic heterocycles. The number of rotatable bonds is 9. The molecular formula is C29H35F3N6O3S. The third-order valence-corrected chi connectivity index (χ3v) is 8.68. The first-order valence-corrected chi connectivity index (χ1v) is 15.4. The molecule has 1 saturated carbocycles. The van der Waals surface area contributed by atoms with Gasteiger partial charge in [0.2, 0.25) is 16.0 Å². The van der Waals surface area contributed by atoms with Crippen LogP contribution in [0.3, 0.4) is 0 Å². The summed E-state index contributed by atoms with van der Waals surface area (Å²) >= 11 is 0. The second-order valence-electron chi connectivity index (χ2n) is 10.9. The molecule has 42 heavy (non-hydrogen) atoms. The predicted molar refractivity (Wildman–Crippen MR) is 161 cm³/mol. The monoisotopic (exact) mass is 604 g/mol. The fourth-order valence-electron chi connectivity index (χ4n) is 5.17. The van der Waals surface area contributed by atoms with Crippen LogP contribution in [0, 0.1) is 17.6 Å². The van der Waals surface area contributed by atoms with Gasteiger partial charge in [-0.2, -0.15) is 4.98 Å². The Morgan fingerprint density at radius 3 is 2.57 bits per heavy atom. The van der Waals surface area contributed by atoms with Gasteiger partial charge in [-0.3, -0.25) is 14.1 Å². The number of aromatic nitrogens is 3. The Morgan fingerprint density at radius 2 is 1.83 bits per heavy atom. The molecule has 0 unspecified atom stereocenters. The summed E-state index contributed by atoms with van der Waals surface area (Å²) < 4.78 is 73.3. The predicted octanol–water partition coefficient (Wildman–Crippen LogP) is 4.94. The van der Waals surface area contributed by atoms with Crippen molar-refractivity contribution in [3.8, 4) is 11.1 Å². The maximum Gasteiger partial charge on any atom is 0.260 e. The zero-order valence-corrected chi connectivity index (χ0v) is 23.3. The summed E-state index contributed by atoms with van der Waals surface area (Å²) in [5.74, 6) is -2.69. The fourth-order valence-corrected chi connectivity index (χ4v) is 6.36. The van der Waals surface area contributed by atoms with Gasteiger partial charge in [0.1, 0.15) is 11.8 Å².